The molecule has 0 atom stereocenters. The molecule has 0 aliphatic carbocycles. The fourth-order valence-corrected chi connectivity index (χ4v) is 0.720. The molecule has 0 aromatic carbocycles. The number of aromatic nitrogens is 1. The summed E-state index contributed by atoms with van der Waals surface area (Å²) in [6.07, 6.45) is 3.23. The molecule has 0 saturated carbocycles. The molecule has 0 radical (unpaired) electrons. The summed E-state index contributed by atoms with van der Waals surface area (Å²) in [5, 5.41) is 10.6. The first-order valence-electron chi connectivity index (χ1n) is 3.17. The van der Waals surface area contributed by atoms with Gasteiger partial charge in [-0.2, -0.15) is 5.84 Å². The quantitative estimate of drug-likeness (QED) is 0.201. The van der Waals surface area contributed by atoms with Crippen molar-refractivity contribution in [3.8, 4) is 0 Å². The lowest BCUT2D eigenvalue weighted by molar-refractivity contribution is -0.469. The molecule has 0 unspecified atom stereocenters. The molecule has 0 fully saturated rings. The average Bonchev–Trinajstić information content (AvgIpc) is 2.05. The number of hydrogen-bond acceptors (Lipinski definition) is 3. The van der Waals surface area contributed by atoms with Crippen molar-refractivity contribution >= 4 is 5.71 Å². The van der Waals surface area contributed by atoms with Gasteiger partial charge < -0.3 is 10.7 Å². The largest absolute Gasteiger partial charge is 0.596 e. The third-order valence-corrected chi connectivity index (χ3v) is 1.43. The van der Waals surface area contributed by atoms with Crippen molar-refractivity contribution in [2.45, 2.75) is 6.92 Å². The molecule has 1 heterocycles. The number of nitrogens with zero attached hydrogens (tertiary/aromatic N) is 2. The van der Waals surface area contributed by atoms with Crippen molar-refractivity contribution in [3.63, 3.8) is 0 Å². The van der Waals surface area contributed by atoms with E-state index in [1.54, 1.807) is 31.5 Å². The van der Waals surface area contributed by atoms with Gasteiger partial charge in [0.15, 0.2) is 0 Å². The highest BCUT2D eigenvalue weighted by Gasteiger charge is 2.02. The molecule has 5 nitrogen and oxygen atoms in total. The van der Waals surface area contributed by atoms with Gasteiger partial charge in [-0.25, -0.2) is 0 Å². The van der Waals surface area contributed by atoms with Gasteiger partial charge in [0.2, 0.25) is 5.71 Å². The smallest absolute Gasteiger partial charge is 0.222 e. The predicted molar refractivity (Wildman–Crippen MR) is 45.4 cm³/mol. The van der Waals surface area contributed by atoms with E-state index in [0.717, 1.165) is 5.56 Å². The van der Waals surface area contributed by atoms with E-state index in [4.69, 9.17) is 5.84 Å². The number of hydrazine groups is 1. The van der Waals surface area contributed by atoms with Crippen molar-refractivity contribution < 1.29 is 10.3 Å². The molecule has 1 aromatic heterocycles. The lowest BCUT2D eigenvalue weighted by atomic mass is 10.2. The van der Waals surface area contributed by atoms with Gasteiger partial charge in [-0.3, -0.25) is 4.98 Å². The number of hydrazone groups is 1. The molecule has 5 heteroatoms. The summed E-state index contributed by atoms with van der Waals surface area (Å²) in [4.78, 5) is 4.15. The minimum absolute atomic E-state index is 0. The van der Waals surface area contributed by atoms with E-state index >= 15 is 0 Å². The Kier molecular flexibility index (Phi) is 3.72. The zero-order chi connectivity index (χ0) is 8.27. The second-order valence-corrected chi connectivity index (χ2v) is 2.15. The van der Waals surface area contributed by atoms with Gasteiger partial charge in [-0.1, -0.05) is 4.85 Å². The van der Waals surface area contributed by atoms with Gasteiger partial charge in [-0.15, -0.1) is 0 Å². The van der Waals surface area contributed by atoms with Crippen LogP contribution in [0.3, 0.4) is 0 Å². The second kappa shape index (κ2) is 4.30. The van der Waals surface area contributed by atoms with E-state index in [1.165, 1.54) is 0 Å². The Bertz CT molecular complexity index is 267. The Hall–Kier alpha value is -1.62. The minimum Gasteiger partial charge on any atom is -0.596 e. The molecule has 1 aromatic rings. The Morgan fingerprint density at radius 3 is 2.42 bits per heavy atom. The summed E-state index contributed by atoms with van der Waals surface area (Å²) >= 11 is 0. The summed E-state index contributed by atoms with van der Waals surface area (Å²) in [6, 6.07) is 3.46. The Balaban J connectivity index is 0.00000121. The predicted octanol–water partition coefficient (Wildman–Crippen LogP) is -0.550. The molecular weight excluding hydrogens is 158 g/mol. The molecule has 0 amide bonds. The second-order valence-electron chi connectivity index (χ2n) is 2.15. The maximum absolute atomic E-state index is 10.6. The summed E-state index contributed by atoms with van der Waals surface area (Å²) in [7, 11) is 0. The maximum Gasteiger partial charge on any atom is 0.222 e. The molecule has 12 heavy (non-hydrogen) atoms. The van der Waals surface area contributed by atoms with Crippen LogP contribution in [0.25, 0.3) is 0 Å². The van der Waals surface area contributed by atoms with Crippen LogP contribution in [-0.4, -0.2) is 21.0 Å². The number of rotatable bonds is 1. The van der Waals surface area contributed by atoms with Crippen LogP contribution in [0.4, 0.5) is 0 Å². The summed E-state index contributed by atoms with van der Waals surface area (Å²) < 4.78 is 0. The van der Waals surface area contributed by atoms with Gasteiger partial charge in [0.1, 0.15) is 0 Å². The Morgan fingerprint density at radius 1 is 1.50 bits per heavy atom. The van der Waals surface area contributed by atoms with E-state index < -0.39 is 0 Å². The van der Waals surface area contributed by atoms with Gasteiger partial charge in [-0.05, 0) is 12.1 Å². The number of pyridine rings is 1. The zero-order valence-electron chi connectivity index (χ0n) is 6.69. The van der Waals surface area contributed by atoms with Crippen molar-refractivity contribution in [1.29, 1.82) is 0 Å². The van der Waals surface area contributed by atoms with E-state index in [2.05, 4.69) is 4.98 Å². The van der Waals surface area contributed by atoms with Crippen LogP contribution in [0, 0.1) is 5.21 Å². The molecule has 1 rings (SSSR count). The van der Waals surface area contributed by atoms with Crippen LogP contribution in [-0.2, 0) is 0 Å². The Morgan fingerprint density at radius 2 is 2.00 bits per heavy atom. The van der Waals surface area contributed by atoms with Crippen molar-refractivity contribution in [2.24, 2.45) is 5.84 Å². The van der Waals surface area contributed by atoms with Crippen LogP contribution in [0.1, 0.15) is 12.5 Å². The van der Waals surface area contributed by atoms with E-state index in [0.29, 0.717) is 10.6 Å². The van der Waals surface area contributed by atoms with Crippen LogP contribution in [0.5, 0.6) is 0 Å². The van der Waals surface area contributed by atoms with Crippen molar-refractivity contribution in [2.75, 3.05) is 0 Å². The monoisotopic (exact) mass is 169 g/mol. The summed E-state index contributed by atoms with van der Waals surface area (Å²) in [5.41, 5.74) is 1.27. The lowest BCUT2D eigenvalue weighted by Gasteiger charge is -1.99. The fraction of sp³-hybridized carbons (Fsp3) is 0.143. The lowest BCUT2D eigenvalue weighted by Crippen LogP contribution is -2.20. The zero-order valence-corrected chi connectivity index (χ0v) is 6.69. The van der Waals surface area contributed by atoms with Gasteiger partial charge in [0.25, 0.3) is 0 Å². The molecular formula is C7H11N3O2. The highest BCUT2D eigenvalue weighted by Crippen LogP contribution is 1.96. The van der Waals surface area contributed by atoms with E-state index in [1.807, 2.05) is 0 Å². The van der Waals surface area contributed by atoms with Crippen LogP contribution < -0.4 is 5.84 Å². The van der Waals surface area contributed by atoms with Crippen LogP contribution in [0.2, 0.25) is 0 Å². The number of nitrogens with two attached hydrogens (primary N) is 1. The van der Waals surface area contributed by atoms with E-state index in [-0.39, 0.29) is 5.48 Å². The third kappa shape index (κ3) is 2.21. The van der Waals surface area contributed by atoms with Crippen molar-refractivity contribution in [3.05, 3.63) is 35.3 Å². The van der Waals surface area contributed by atoms with Crippen molar-refractivity contribution in [1.82, 2.24) is 4.98 Å². The summed E-state index contributed by atoms with van der Waals surface area (Å²) in [6.45, 7) is 1.66. The normalized spacial score (nSPS) is 11.4. The molecule has 0 aliphatic heterocycles. The molecule has 0 saturated heterocycles. The molecule has 0 bridgehead atoms. The first-order chi connectivity index (χ1) is 5.22. The average molecular weight is 169 g/mol. The number of hydrogen-bond donors (Lipinski definition) is 1. The third-order valence-electron chi connectivity index (χ3n) is 1.43. The van der Waals surface area contributed by atoms with Crippen LogP contribution in [0.15, 0.2) is 24.5 Å². The Labute approximate surface area is 70.0 Å². The summed E-state index contributed by atoms with van der Waals surface area (Å²) in [5.74, 6) is 4.99. The fourth-order valence-electron chi connectivity index (χ4n) is 0.720. The first kappa shape index (κ1) is 10.4. The molecule has 0 spiro atoms. The first-order valence-corrected chi connectivity index (χ1v) is 3.17. The van der Waals surface area contributed by atoms with Crippen LogP contribution >= 0.6 is 0 Å². The topological polar surface area (TPSA) is 96.5 Å². The molecule has 66 valence electrons. The SMILES string of the molecule is CC(c1ccncc1)=[N+](N)[O-].O. The van der Waals surface area contributed by atoms with Gasteiger partial charge in [0.05, 0.1) is 0 Å². The highest BCUT2D eigenvalue weighted by atomic mass is 16.5. The maximum atomic E-state index is 10.6. The standard InChI is InChI=1S/C7H9N3O.H2O/c1-6(10(8)11)7-2-4-9-5-3-7;/h2-5H,8H2,1H3;1H2. The van der Waals surface area contributed by atoms with Gasteiger partial charge >= 0.3 is 0 Å². The highest BCUT2D eigenvalue weighted by molar-refractivity contribution is 5.94. The molecule has 4 N–H and O–H groups in total. The van der Waals surface area contributed by atoms with Gasteiger partial charge in [0, 0.05) is 24.9 Å². The minimum atomic E-state index is 0. The van der Waals surface area contributed by atoms with E-state index in [9.17, 15) is 5.21 Å². The molecule has 0 aliphatic rings.